The molecule has 2 aromatic heterocycles. The molecule has 1 amide bonds. The van der Waals surface area contributed by atoms with Gasteiger partial charge in [0, 0.05) is 37.3 Å². The van der Waals surface area contributed by atoms with E-state index in [0.717, 1.165) is 54.1 Å². The number of amides is 1. The number of nitrogens with zero attached hydrogens (tertiary/aromatic N) is 6. The van der Waals surface area contributed by atoms with Gasteiger partial charge in [-0.15, -0.1) is 0 Å². The zero-order valence-corrected chi connectivity index (χ0v) is 24.2. The van der Waals surface area contributed by atoms with E-state index in [4.69, 9.17) is 15.6 Å². The lowest BCUT2D eigenvalue weighted by Crippen LogP contribution is -2.40. The molecule has 3 heterocycles. The van der Waals surface area contributed by atoms with Crippen molar-refractivity contribution in [1.29, 1.82) is 0 Å². The monoisotopic (exact) mass is 565 g/mol. The first-order valence-corrected chi connectivity index (χ1v) is 15.0. The molecule has 6 rings (SSSR count). The van der Waals surface area contributed by atoms with Gasteiger partial charge in [-0.1, -0.05) is 43.5 Å². The van der Waals surface area contributed by atoms with Gasteiger partial charge in [0.05, 0.1) is 11.4 Å². The van der Waals surface area contributed by atoms with E-state index in [1.165, 1.54) is 38.4 Å². The van der Waals surface area contributed by atoms with Crippen LogP contribution in [0.25, 0.3) is 22.3 Å². The van der Waals surface area contributed by atoms with Gasteiger partial charge >= 0.3 is 0 Å². The van der Waals surface area contributed by atoms with Crippen LogP contribution >= 0.6 is 0 Å². The van der Waals surface area contributed by atoms with E-state index >= 15 is 0 Å². The second-order valence-electron chi connectivity index (χ2n) is 11.4. The molecule has 2 N–H and O–H groups in total. The predicted octanol–water partition coefficient (Wildman–Crippen LogP) is 5.85. The standard InChI is InChI=1S/C33H39N7O2/c1-38(25-10-4-2-5-11-25)20-9-15-29(41)39-21-8-12-26(22-39)40-33-30(32(34)35-23-36-33)31(37-40)24-16-18-28(19-17-24)42-27-13-6-3-7-14-27/h3,6-7,9,13-19,23,25-26H,2,4-5,8,10-12,20-22H2,1H3,(H2,34,35,36)/t26-/m1/s1. The number of hydrogen-bond donors (Lipinski definition) is 1. The van der Waals surface area contributed by atoms with E-state index in [1.54, 1.807) is 6.08 Å². The molecule has 218 valence electrons. The minimum absolute atomic E-state index is 0.00718. The summed E-state index contributed by atoms with van der Waals surface area (Å²) in [6.07, 6.45) is 13.5. The molecule has 2 aromatic carbocycles. The Morgan fingerprint density at radius 2 is 1.76 bits per heavy atom. The quantitative estimate of drug-likeness (QED) is 0.267. The lowest BCUT2D eigenvalue weighted by Gasteiger charge is -2.32. The van der Waals surface area contributed by atoms with Crippen molar-refractivity contribution in [1.82, 2.24) is 29.5 Å². The highest BCUT2D eigenvalue weighted by molar-refractivity contribution is 5.98. The molecule has 0 spiro atoms. The number of ether oxygens (including phenoxy) is 1. The predicted molar refractivity (Wildman–Crippen MR) is 165 cm³/mol. The number of nitrogens with two attached hydrogens (primary N) is 1. The van der Waals surface area contributed by atoms with Crippen molar-refractivity contribution >= 4 is 22.8 Å². The lowest BCUT2D eigenvalue weighted by atomic mass is 9.94. The van der Waals surface area contributed by atoms with E-state index in [2.05, 4.69) is 21.9 Å². The molecular weight excluding hydrogens is 526 g/mol. The Bertz CT molecular complexity index is 1530. The fourth-order valence-electron chi connectivity index (χ4n) is 6.21. The van der Waals surface area contributed by atoms with E-state index in [1.807, 2.05) is 70.3 Å². The smallest absolute Gasteiger partial charge is 0.246 e. The normalized spacial score (nSPS) is 18.2. The molecule has 0 bridgehead atoms. The topological polar surface area (TPSA) is 102 Å². The summed E-state index contributed by atoms with van der Waals surface area (Å²) < 4.78 is 7.91. The highest BCUT2D eigenvalue weighted by atomic mass is 16.5. The zero-order valence-electron chi connectivity index (χ0n) is 24.2. The number of fused-ring (bicyclic) bond motifs is 1. The number of anilines is 1. The summed E-state index contributed by atoms with van der Waals surface area (Å²) in [5, 5.41) is 5.74. The number of likely N-dealkylation sites (N-methyl/N-ethyl adjacent to an activating group) is 1. The summed E-state index contributed by atoms with van der Waals surface area (Å²) in [6, 6.07) is 18.1. The number of benzene rings is 2. The minimum atomic E-state index is -0.00718. The molecule has 1 aliphatic heterocycles. The molecule has 9 nitrogen and oxygen atoms in total. The second-order valence-corrected chi connectivity index (χ2v) is 11.4. The summed E-state index contributed by atoms with van der Waals surface area (Å²) in [4.78, 5) is 26.3. The van der Waals surface area contributed by atoms with Gasteiger partial charge in [-0.2, -0.15) is 5.10 Å². The number of carbonyl (C=O) groups is 1. The third-order valence-corrected chi connectivity index (χ3v) is 8.53. The Morgan fingerprint density at radius 3 is 2.55 bits per heavy atom. The van der Waals surface area contributed by atoms with Crippen LogP contribution in [0.4, 0.5) is 5.82 Å². The molecule has 1 saturated heterocycles. The van der Waals surface area contributed by atoms with Crippen LogP contribution in [0.3, 0.4) is 0 Å². The molecule has 4 aromatic rings. The van der Waals surface area contributed by atoms with Crippen LogP contribution in [0, 0.1) is 0 Å². The zero-order chi connectivity index (χ0) is 28.9. The fraction of sp³-hybridized carbons (Fsp3) is 0.394. The van der Waals surface area contributed by atoms with Gasteiger partial charge in [-0.25, -0.2) is 14.6 Å². The van der Waals surface area contributed by atoms with Crippen molar-refractivity contribution in [2.24, 2.45) is 0 Å². The van der Waals surface area contributed by atoms with Gasteiger partial charge in [-0.05, 0) is 69.1 Å². The molecule has 0 radical (unpaired) electrons. The van der Waals surface area contributed by atoms with Crippen molar-refractivity contribution in [3.63, 3.8) is 0 Å². The molecule has 42 heavy (non-hydrogen) atoms. The van der Waals surface area contributed by atoms with Crippen LogP contribution in [-0.2, 0) is 4.79 Å². The number of carbonyl (C=O) groups excluding carboxylic acids is 1. The van der Waals surface area contributed by atoms with Crippen molar-refractivity contribution < 1.29 is 9.53 Å². The number of nitrogen functional groups attached to an aromatic ring is 1. The van der Waals surface area contributed by atoms with Crippen LogP contribution in [0.1, 0.15) is 51.0 Å². The highest BCUT2D eigenvalue weighted by Crippen LogP contribution is 2.35. The summed E-state index contributed by atoms with van der Waals surface area (Å²) >= 11 is 0. The van der Waals surface area contributed by atoms with Gasteiger partial charge in [0.1, 0.15) is 29.3 Å². The third-order valence-electron chi connectivity index (χ3n) is 8.53. The number of hydrogen-bond acceptors (Lipinski definition) is 7. The Morgan fingerprint density at radius 1 is 1.00 bits per heavy atom. The fourth-order valence-corrected chi connectivity index (χ4v) is 6.21. The number of aromatic nitrogens is 4. The average molecular weight is 566 g/mol. The number of para-hydroxylation sites is 1. The summed E-state index contributed by atoms with van der Waals surface area (Å²) in [7, 11) is 2.17. The Balaban J connectivity index is 1.18. The third kappa shape index (κ3) is 6.16. The van der Waals surface area contributed by atoms with Gasteiger partial charge in [0.25, 0.3) is 0 Å². The minimum Gasteiger partial charge on any atom is -0.457 e. The van der Waals surface area contributed by atoms with Crippen LogP contribution in [-0.4, -0.2) is 68.2 Å². The van der Waals surface area contributed by atoms with Gasteiger partial charge < -0.3 is 15.4 Å². The van der Waals surface area contributed by atoms with E-state index in [-0.39, 0.29) is 11.9 Å². The summed E-state index contributed by atoms with van der Waals surface area (Å²) in [5.41, 5.74) is 8.68. The van der Waals surface area contributed by atoms with Crippen LogP contribution in [0.15, 0.2) is 73.1 Å². The van der Waals surface area contributed by atoms with Crippen LogP contribution in [0.5, 0.6) is 11.5 Å². The lowest BCUT2D eigenvalue weighted by molar-refractivity contribution is -0.127. The molecule has 2 fully saturated rings. The maximum atomic E-state index is 13.2. The largest absolute Gasteiger partial charge is 0.457 e. The average Bonchev–Trinajstić information content (AvgIpc) is 3.43. The summed E-state index contributed by atoms with van der Waals surface area (Å²) in [5.74, 6) is 1.95. The number of piperidine rings is 1. The van der Waals surface area contributed by atoms with E-state index in [9.17, 15) is 4.79 Å². The second kappa shape index (κ2) is 12.7. The van der Waals surface area contributed by atoms with Gasteiger partial charge in [0.15, 0.2) is 5.65 Å². The highest BCUT2D eigenvalue weighted by Gasteiger charge is 2.28. The van der Waals surface area contributed by atoms with Gasteiger partial charge in [0.2, 0.25) is 5.91 Å². The number of rotatable bonds is 8. The first-order chi connectivity index (χ1) is 20.6. The maximum absolute atomic E-state index is 13.2. The van der Waals surface area contributed by atoms with Crippen molar-refractivity contribution in [2.45, 2.75) is 57.0 Å². The van der Waals surface area contributed by atoms with Crippen molar-refractivity contribution in [3.8, 4) is 22.8 Å². The summed E-state index contributed by atoms with van der Waals surface area (Å²) in [6.45, 7) is 2.11. The first-order valence-electron chi connectivity index (χ1n) is 15.0. The van der Waals surface area contributed by atoms with Crippen molar-refractivity contribution in [3.05, 3.63) is 73.1 Å². The van der Waals surface area contributed by atoms with E-state index < -0.39 is 0 Å². The van der Waals surface area contributed by atoms with E-state index in [0.29, 0.717) is 24.1 Å². The molecule has 2 aliphatic rings. The van der Waals surface area contributed by atoms with Crippen LogP contribution in [0.2, 0.25) is 0 Å². The molecule has 1 saturated carbocycles. The van der Waals surface area contributed by atoms with Gasteiger partial charge in [-0.3, -0.25) is 9.69 Å². The Labute approximate surface area is 247 Å². The Hall–Kier alpha value is -4.24. The molecule has 1 atom stereocenters. The molecule has 1 aliphatic carbocycles. The molecular formula is C33H39N7O2. The number of likely N-dealkylation sites (tertiary alicyclic amines) is 1. The molecule has 0 unspecified atom stereocenters. The maximum Gasteiger partial charge on any atom is 0.246 e. The SMILES string of the molecule is CN(CC=CC(=O)N1CCC[C@@H](n2nc(-c3ccc(Oc4ccccc4)cc3)c3c(N)ncnc32)C1)C1CCCCC1. The first kappa shape index (κ1) is 27.9. The Kier molecular flexibility index (Phi) is 8.46. The molecule has 9 heteroatoms. The van der Waals surface area contributed by atoms with Crippen molar-refractivity contribution in [2.75, 3.05) is 32.4 Å². The van der Waals surface area contributed by atoms with Crippen LogP contribution < -0.4 is 10.5 Å².